The lowest BCUT2D eigenvalue weighted by molar-refractivity contribution is 0.0949. The fourth-order valence-corrected chi connectivity index (χ4v) is 5.52. The maximum absolute atomic E-state index is 13.3. The van der Waals surface area contributed by atoms with Gasteiger partial charge in [-0.05, 0) is 83.0 Å². The number of pyridine rings is 1. The van der Waals surface area contributed by atoms with Crippen molar-refractivity contribution in [3.63, 3.8) is 0 Å². The number of carbonyl (C=O) groups is 1. The van der Waals surface area contributed by atoms with Gasteiger partial charge >= 0.3 is 0 Å². The molecule has 0 radical (unpaired) electrons. The molecule has 0 unspecified atom stereocenters. The number of hydrogen-bond acceptors (Lipinski definition) is 5. The number of rotatable bonds is 9. The number of nitrogens with one attached hydrogen (secondary N) is 1. The van der Waals surface area contributed by atoms with Crippen LogP contribution >= 0.6 is 11.6 Å². The van der Waals surface area contributed by atoms with Gasteiger partial charge in [-0.25, -0.2) is 4.98 Å². The Bertz CT molecular complexity index is 1150. The predicted molar refractivity (Wildman–Crippen MR) is 146 cm³/mol. The molecule has 0 bridgehead atoms. The van der Waals surface area contributed by atoms with E-state index >= 15 is 0 Å². The molecule has 7 nitrogen and oxygen atoms in total. The molecular weight excluding hydrogens is 472 g/mol. The van der Waals surface area contributed by atoms with Crippen LogP contribution in [0.5, 0.6) is 0 Å². The second-order valence-electron chi connectivity index (χ2n) is 9.82. The fraction of sp³-hybridized carbons (Fsp3) is 0.464. The van der Waals surface area contributed by atoms with Crippen molar-refractivity contribution in [1.29, 1.82) is 0 Å². The molecule has 0 aliphatic heterocycles. The number of aromatic nitrogens is 3. The Labute approximate surface area is 219 Å². The number of halogens is 1. The average Bonchev–Trinajstić information content (AvgIpc) is 3.32. The number of hydrogen-bond donors (Lipinski definition) is 1. The molecule has 0 saturated heterocycles. The topological polar surface area (TPSA) is 66.3 Å². The van der Waals surface area contributed by atoms with Crippen LogP contribution < -0.4 is 10.2 Å². The molecule has 2 aromatic heterocycles. The first-order chi connectivity index (χ1) is 17.4. The van der Waals surface area contributed by atoms with Gasteiger partial charge < -0.3 is 19.7 Å². The Morgan fingerprint density at radius 1 is 1.17 bits per heavy atom. The zero-order valence-corrected chi connectivity index (χ0v) is 22.5. The van der Waals surface area contributed by atoms with Crippen LogP contribution in [0.4, 0.5) is 5.69 Å². The SMILES string of the molecule is CCN(c1cc(Cl)cc(C(=O)NCc2nccn2Cc2cccnc2)c1C)C1CCC(N(C)C)CC1. The summed E-state index contributed by atoms with van der Waals surface area (Å²) in [5.41, 5.74) is 3.72. The second-order valence-corrected chi connectivity index (χ2v) is 10.3. The largest absolute Gasteiger partial charge is 0.369 e. The number of nitrogens with zero attached hydrogens (tertiary/aromatic N) is 5. The van der Waals surface area contributed by atoms with Gasteiger partial charge in [-0.2, -0.15) is 0 Å². The summed E-state index contributed by atoms with van der Waals surface area (Å²) in [6, 6.07) is 8.83. The van der Waals surface area contributed by atoms with Crippen molar-refractivity contribution in [2.24, 2.45) is 0 Å². The second kappa shape index (κ2) is 11.9. The zero-order chi connectivity index (χ0) is 25.7. The smallest absolute Gasteiger partial charge is 0.252 e. The summed E-state index contributed by atoms with van der Waals surface area (Å²) >= 11 is 6.55. The van der Waals surface area contributed by atoms with E-state index in [9.17, 15) is 4.79 Å². The monoisotopic (exact) mass is 508 g/mol. The Hall–Kier alpha value is -2.90. The van der Waals surface area contributed by atoms with Crippen molar-refractivity contribution in [1.82, 2.24) is 24.8 Å². The summed E-state index contributed by atoms with van der Waals surface area (Å²) in [7, 11) is 4.33. The van der Waals surface area contributed by atoms with Crippen LogP contribution in [0, 0.1) is 6.92 Å². The van der Waals surface area contributed by atoms with Gasteiger partial charge in [0.1, 0.15) is 5.82 Å². The van der Waals surface area contributed by atoms with E-state index in [-0.39, 0.29) is 5.91 Å². The van der Waals surface area contributed by atoms with Gasteiger partial charge in [0.2, 0.25) is 0 Å². The number of imidazole rings is 1. The summed E-state index contributed by atoms with van der Waals surface area (Å²) in [6.45, 7) is 6.07. The highest BCUT2D eigenvalue weighted by atomic mass is 35.5. The fourth-order valence-electron chi connectivity index (χ4n) is 5.30. The van der Waals surface area contributed by atoms with Crippen molar-refractivity contribution in [3.05, 3.63) is 76.6 Å². The van der Waals surface area contributed by atoms with Gasteiger partial charge in [0.15, 0.2) is 0 Å². The maximum atomic E-state index is 13.3. The highest BCUT2D eigenvalue weighted by Gasteiger charge is 2.28. The van der Waals surface area contributed by atoms with Crippen LogP contribution in [0.3, 0.4) is 0 Å². The molecule has 2 heterocycles. The van der Waals surface area contributed by atoms with E-state index in [1.54, 1.807) is 18.5 Å². The van der Waals surface area contributed by atoms with E-state index in [4.69, 9.17) is 11.6 Å². The summed E-state index contributed by atoms with van der Waals surface area (Å²) in [4.78, 5) is 26.7. The summed E-state index contributed by atoms with van der Waals surface area (Å²) in [5.74, 6) is 0.652. The van der Waals surface area contributed by atoms with Gasteiger partial charge in [-0.3, -0.25) is 9.78 Å². The van der Waals surface area contributed by atoms with E-state index in [1.807, 2.05) is 42.1 Å². The molecule has 1 aromatic carbocycles. The van der Waals surface area contributed by atoms with E-state index in [0.29, 0.717) is 35.8 Å². The molecule has 8 heteroatoms. The molecule has 1 saturated carbocycles. The molecule has 3 aromatic rings. The minimum absolute atomic E-state index is 0.139. The Morgan fingerprint density at radius 2 is 1.92 bits per heavy atom. The van der Waals surface area contributed by atoms with Crippen LogP contribution in [0.15, 0.2) is 49.1 Å². The van der Waals surface area contributed by atoms with Gasteiger partial charge in [-0.15, -0.1) is 0 Å². The molecular formula is C28H37ClN6O. The minimum atomic E-state index is -0.139. The standard InChI is InChI=1S/C28H37ClN6O/c1-5-35(24-10-8-23(9-11-24)33(3)4)26-16-22(29)15-25(20(26)2)28(36)32-18-27-31-13-14-34(27)19-21-7-6-12-30-17-21/h6-7,12-17,23-24H,5,8-11,18-19H2,1-4H3,(H,32,36). The number of benzene rings is 1. The van der Waals surface area contributed by atoms with E-state index < -0.39 is 0 Å². The summed E-state index contributed by atoms with van der Waals surface area (Å²) < 4.78 is 2.02. The molecule has 36 heavy (non-hydrogen) atoms. The van der Waals surface area contributed by atoms with Gasteiger partial charge in [0.25, 0.3) is 5.91 Å². The third kappa shape index (κ3) is 6.08. The molecule has 192 valence electrons. The van der Waals surface area contributed by atoms with Gasteiger partial charge in [-0.1, -0.05) is 17.7 Å². The molecule has 1 aliphatic rings. The maximum Gasteiger partial charge on any atom is 0.252 e. The minimum Gasteiger partial charge on any atom is -0.369 e. The molecule has 1 amide bonds. The average molecular weight is 509 g/mol. The van der Waals surface area contributed by atoms with Crippen molar-refractivity contribution in [2.45, 2.75) is 64.7 Å². The highest BCUT2D eigenvalue weighted by Crippen LogP contribution is 2.34. The zero-order valence-electron chi connectivity index (χ0n) is 21.7. The lowest BCUT2D eigenvalue weighted by Gasteiger charge is -2.40. The lowest BCUT2D eigenvalue weighted by atomic mass is 9.89. The molecule has 0 atom stereocenters. The first kappa shape index (κ1) is 26.2. The summed E-state index contributed by atoms with van der Waals surface area (Å²) in [6.07, 6.45) is 11.9. The van der Waals surface area contributed by atoms with Gasteiger partial charge in [0, 0.05) is 59.7 Å². The summed E-state index contributed by atoms with van der Waals surface area (Å²) in [5, 5.41) is 3.64. The quantitative estimate of drug-likeness (QED) is 0.444. The van der Waals surface area contributed by atoms with Crippen molar-refractivity contribution in [2.75, 3.05) is 25.5 Å². The third-order valence-electron chi connectivity index (χ3n) is 7.36. The van der Waals surface area contributed by atoms with E-state index in [1.165, 1.54) is 12.8 Å². The molecule has 1 fully saturated rings. The normalized spacial score (nSPS) is 17.8. The number of amides is 1. The molecule has 4 rings (SSSR count). The first-order valence-corrected chi connectivity index (χ1v) is 13.2. The van der Waals surface area contributed by atoms with Crippen molar-refractivity contribution < 1.29 is 4.79 Å². The lowest BCUT2D eigenvalue weighted by Crippen LogP contribution is -2.42. The van der Waals surface area contributed by atoms with E-state index in [2.05, 4.69) is 46.1 Å². The third-order valence-corrected chi connectivity index (χ3v) is 7.58. The Balaban J connectivity index is 1.47. The van der Waals surface area contributed by atoms with Crippen LogP contribution in [0.2, 0.25) is 5.02 Å². The predicted octanol–water partition coefficient (Wildman–Crippen LogP) is 4.92. The first-order valence-electron chi connectivity index (χ1n) is 12.8. The molecule has 0 spiro atoms. The van der Waals surface area contributed by atoms with Crippen molar-refractivity contribution >= 4 is 23.2 Å². The number of anilines is 1. The van der Waals surface area contributed by atoms with Crippen molar-refractivity contribution in [3.8, 4) is 0 Å². The Morgan fingerprint density at radius 3 is 2.58 bits per heavy atom. The van der Waals surface area contributed by atoms with Crippen LogP contribution in [0.1, 0.15) is 59.9 Å². The van der Waals surface area contributed by atoms with E-state index in [0.717, 1.165) is 42.0 Å². The molecule has 1 aliphatic carbocycles. The van der Waals surface area contributed by atoms with Crippen LogP contribution in [-0.2, 0) is 13.1 Å². The highest BCUT2D eigenvalue weighted by molar-refractivity contribution is 6.31. The van der Waals surface area contributed by atoms with Gasteiger partial charge in [0.05, 0.1) is 13.1 Å². The van der Waals surface area contributed by atoms with Crippen LogP contribution in [0.25, 0.3) is 0 Å². The van der Waals surface area contributed by atoms with Crippen LogP contribution in [-0.4, -0.2) is 58.1 Å². The molecule has 1 N–H and O–H groups in total. The number of carbonyl (C=O) groups excluding carboxylic acids is 1. The Kier molecular flexibility index (Phi) is 8.64.